The first kappa shape index (κ1) is 6.62. The van der Waals surface area contributed by atoms with Crippen molar-refractivity contribution in [2.24, 2.45) is 5.41 Å². The summed E-state index contributed by atoms with van der Waals surface area (Å²) in [7, 11) is 0. The fraction of sp³-hybridized carbons (Fsp3) is 0.714. The molecule has 1 atom stereocenters. The van der Waals surface area contributed by atoms with Crippen molar-refractivity contribution < 1.29 is 0 Å². The lowest BCUT2D eigenvalue weighted by atomic mass is 9.87. The van der Waals surface area contributed by atoms with Crippen LogP contribution in [-0.4, -0.2) is 6.54 Å². The largest absolute Gasteiger partial charge is 0.329 e. The molecule has 0 radical (unpaired) electrons. The van der Waals surface area contributed by atoms with E-state index in [-0.39, 0.29) is 0 Å². The standard InChI is InChI=1S/C7H14N2/c1-3-7(2)4-5-8-9-6-7/h4-5,8-9H,3,6H2,1-2H3/t7-/m1/s1. The average molecular weight is 126 g/mol. The molecular weight excluding hydrogens is 112 g/mol. The van der Waals surface area contributed by atoms with Crippen molar-refractivity contribution in [3.63, 3.8) is 0 Å². The molecule has 0 spiro atoms. The Kier molecular flexibility index (Phi) is 1.76. The van der Waals surface area contributed by atoms with Crippen LogP contribution in [0.2, 0.25) is 0 Å². The molecule has 0 unspecified atom stereocenters. The first-order chi connectivity index (χ1) is 4.27. The van der Waals surface area contributed by atoms with E-state index in [1.54, 1.807) is 0 Å². The predicted octanol–water partition coefficient (Wildman–Crippen LogP) is 1.02. The zero-order valence-electron chi connectivity index (χ0n) is 6.07. The molecule has 2 nitrogen and oxygen atoms in total. The third-order valence-corrected chi connectivity index (χ3v) is 1.97. The van der Waals surface area contributed by atoms with Crippen molar-refractivity contribution in [1.82, 2.24) is 10.9 Å². The van der Waals surface area contributed by atoms with E-state index in [1.165, 1.54) is 6.42 Å². The van der Waals surface area contributed by atoms with E-state index in [0.717, 1.165) is 6.54 Å². The van der Waals surface area contributed by atoms with Gasteiger partial charge in [0.1, 0.15) is 0 Å². The highest BCUT2D eigenvalue weighted by Crippen LogP contribution is 2.22. The van der Waals surface area contributed by atoms with Crippen LogP contribution in [0.1, 0.15) is 20.3 Å². The number of rotatable bonds is 1. The van der Waals surface area contributed by atoms with Crippen LogP contribution in [0, 0.1) is 5.41 Å². The van der Waals surface area contributed by atoms with Crippen LogP contribution in [0.3, 0.4) is 0 Å². The SMILES string of the molecule is CC[C@]1(C)C=CNNC1. The average Bonchev–Trinajstić information content (AvgIpc) is 1.90. The molecular formula is C7H14N2. The Hall–Kier alpha value is -0.500. The van der Waals surface area contributed by atoms with E-state index >= 15 is 0 Å². The fourth-order valence-corrected chi connectivity index (χ4v) is 0.857. The summed E-state index contributed by atoms with van der Waals surface area (Å²) in [4.78, 5) is 0. The Morgan fingerprint density at radius 1 is 1.67 bits per heavy atom. The normalized spacial score (nSPS) is 34.0. The molecule has 0 amide bonds. The molecule has 52 valence electrons. The van der Waals surface area contributed by atoms with Gasteiger partial charge in [0.05, 0.1) is 0 Å². The van der Waals surface area contributed by atoms with Gasteiger partial charge < -0.3 is 5.43 Å². The van der Waals surface area contributed by atoms with Gasteiger partial charge in [-0.3, -0.25) is 0 Å². The van der Waals surface area contributed by atoms with E-state index in [4.69, 9.17) is 0 Å². The molecule has 1 rings (SSSR count). The maximum absolute atomic E-state index is 3.09. The molecule has 0 aromatic rings. The third kappa shape index (κ3) is 1.45. The zero-order valence-corrected chi connectivity index (χ0v) is 6.07. The minimum absolute atomic E-state index is 0.366. The summed E-state index contributed by atoms with van der Waals surface area (Å²) in [6.07, 6.45) is 5.37. The molecule has 1 aliphatic rings. The maximum Gasteiger partial charge on any atom is 0.0237 e. The molecule has 0 aromatic carbocycles. The molecule has 2 heteroatoms. The monoisotopic (exact) mass is 126 g/mol. The van der Waals surface area contributed by atoms with Crippen molar-refractivity contribution in [2.45, 2.75) is 20.3 Å². The van der Waals surface area contributed by atoms with Crippen LogP contribution >= 0.6 is 0 Å². The summed E-state index contributed by atoms with van der Waals surface area (Å²) >= 11 is 0. The summed E-state index contributed by atoms with van der Waals surface area (Å²) in [5.41, 5.74) is 6.40. The Labute approximate surface area is 56.3 Å². The van der Waals surface area contributed by atoms with Crippen molar-refractivity contribution >= 4 is 0 Å². The highest BCUT2D eigenvalue weighted by atomic mass is 15.3. The second kappa shape index (κ2) is 2.40. The van der Waals surface area contributed by atoms with Crippen LogP contribution in [-0.2, 0) is 0 Å². The Morgan fingerprint density at radius 3 is 2.78 bits per heavy atom. The van der Waals surface area contributed by atoms with E-state index in [0.29, 0.717) is 5.41 Å². The summed E-state index contributed by atoms with van der Waals surface area (Å²) in [5, 5.41) is 0. The van der Waals surface area contributed by atoms with E-state index in [2.05, 4.69) is 30.8 Å². The molecule has 0 saturated carbocycles. The second-order valence-corrected chi connectivity index (χ2v) is 2.84. The Morgan fingerprint density at radius 2 is 2.44 bits per heavy atom. The van der Waals surface area contributed by atoms with Crippen LogP contribution in [0.15, 0.2) is 12.3 Å². The van der Waals surface area contributed by atoms with Gasteiger partial charge in [-0.05, 0) is 6.42 Å². The van der Waals surface area contributed by atoms with Crippen LogP contribution in [0.5, 0.6) is 0 Å². The predicted molar refractivity (Wildman–Crippen MR) is 38.7 cm³/mol. The quantitative estimate of drug-likeness (QED) is 0.548. The van der Waals surface area contributed by atoms with Gasteiger partial charge in [0.25, 0.3) is 0 Å². The van der Waals surface area contributed by atoms with Crippen molar-refractivity contribution in [2.75, 3.05) is 6.54 Å². The first-order valence-electron chi connectivity index (χ1n) is 3.43. The van der Waals surface area contributed by atoms with Crippen LogP contribution in [0.4, 0.5) is 0 Å². The number of hydrogen-bond acceptors (Lipinski definition) is 2. The van der Waals surface area contributed by atoms with Gasteiger partial charge in [-0.25, -0.2) is 5.43 Å². The van der Waals surface area contributed by atoms with E-state index in [1.807, 2.05) is 6.20 Å². The Bertz CT molecular complexity index is 120. The minimum atomic E-state index is 0.366. The lowest BCUT2D eigenvalue weighted by molar-refractivity contribution is 0.344. The molecule has 1 heterocycles. The lowest BCUT2D eigenvalue weighted by Gasteiger charge is -2.28. The van der Waals surface area contributed by atoms with Crippen molar-refractivity contribution in [1.29, 1.82) is 0 Å². The number of hydrazine groups is 1. The molecule has 2 N–H and O–H groups in total. The van der Waals surface area contributed by atoms with Gasteiger partial charge in [0.2, 0.25) is 0 Å². The smallest absolute Gasteiger partial charge is 0.0237 e. The van der Waals surface area contributed by atoms with Crippen molar-refractivity contribution in [3.05, 3.63) is 12.3 Å². The van der Waals surface area contributed by atoms with E-state index in [9.17, 15) is 0 Å². The fourth-order valence-electron chi connectivity index (χ4n) is 0.857. The summed E-state index contributed by atoms with van der Waals surface area (Å²) in [5.74, 6) is 0. The molecule has 0 fully saturated rings. The van der Waals surface area contributed by atoms with Crippen molar-refractivity contribution in [3.8, 4) is 0 Å². The molecule has 0 bridgehead atoms. The molecule has 0 aromatic heterocycles. The van der Waals surface area contributed by atoms with Gasteiger partial charge >= 0.3 is 0 Å². The van der Waals surface area contributed by atoms with Gasteiger partial charge in [-0.15, -0.1) is 0 Å². The first-order valence-corrected chi connectivity index (χ1v) is 3.43. The summed E-state index contributed by atoms with van der Waals surface area (Å²) < 4.78 is 0. The summed E-state index contributed by atoms with van der Waals surface area (Å²) in [6, 6.07) is 0. The molecule has 0 aliphatic carbocycles. The summed E-state index contributed by atoms with van der Waals surface area (Å²) in [6.45, 7) is 5.48. The van der Waals surface area contributed by atoms with Crippen LogP contribution in [0.25, 0.3) is 0 Å². The topological polar surface area (TPSA) is 24.1 Å². The lowest BCUT2D eigenvalue weighted by Crippen LogP contribution is -2.40. The van der Waals surface area contributed by atoms with Gasteiger partial charge in [0.15, 0.2) is 0 Å². The molecule has 1 aliphatic heterocycles. The van der Waals surface area contributed by atoms with E-state index < -0.39 is 0 Å². The van der Waals surface area contributed by atoms with Gasteiger partial charge in [-0.1, -0.05) is 19.9 Å². The zero-order chi connectivity index (χ0) is 6.74. The number of hydrogen-bond donors (Lipinski definition) is 2. The van der Waals surface area contributed by atoms with Crippen LogP contribution < -0.4 is 10.9 Å². The van der Waals surface area contributed by atoms with Gasteiger partial charge in [0, 0.05) is 18.2 Å². The number of nitrogens with one attached hydrogen (secondary N) is 2. The minimum Gasteiger partial charge on any atom is -0.329 e. The highest BCUT2D eigenvalue weighted by molar-refractivity contribution is 4.99. The maximum atomic E-state index is 3.09. The highest BCUT2D eigenvalue weighted by Gasteiger charge is 2.19. The molecule has 0 saturated heterocycles. The third-order valence-electron chi connectivity index (χ3n) is 1.97. The Balaban J connectivity index is 2.56. The molecule has 9 heavy (non-hydrogen) atoms. The van der Waals surface area contributed by atoms with Gasteiger partial charge in [-0.2, -0.15) is 0 Å². The second-order valence-electron chi connectivity index (χ2n) is 2.84.